The maximum Gasteiger partial charge on any atom is 0.119 e. The van der Waals surface area contributed by atoms with Gasteiger partial charge < -0.3 is 14.8 Å². The fraction of sp³-hybridized carbons (Fsp3) is 0.571. The van der Waals surface area contributed by atoms with Crippen LogP contribution in [0.3, 0.4) is 0 Å². The number of benzene rings is 1. The summed E-state index contributed by atoms with van der Waals surface area (Å²) >= 11 is 3.41. The fourth-order valence-electron chi connectivity index (χ4n) is 2.04. The van der Waals surface area contributed by atoms with E-state index in [1.807, 2.05) is 24.3 Å². The zero-order chi connectivity index (χ0) is 12.8. The third kappa shape index (κ3) is 4.59. The zero-order valence-corrected chi connectivity index (χ0v) is 12.3. The smallest absolute Gasteiger partial charge is 0.119 e. The Hall–Kier alpha value is -0.580. The Morgan fingerprint density at radius 3 is 2.89 bits per heavy atom. The summed E-state index contributed by atoms with van der Waals surface area (Å²) in [6, 6.07) is 7.92. The summed E-state index contributed by atoms with van der Waals surface area (Å²) in [6.07, 6.45) is 2.92. The van der Waals surface area contributed by atoms with E-state index in [1.54, 1.807) is 0 Å². The van der Waals surface area contributed by atoms with Gasteiger partial charge in [-0.2, -0.15) is 0 Å². The van der Waals surface area contributed by atoms with Gasteiger partial charge in [0.2, 0.25) is 0 Å². The van der Waals surface area contributed by atoms with Gasteiger partial charge in [0.15, 0.2) is 0 Å². The highest BCUT2D eigenvalue weighted by Gasteiger charge is 2.15. The van der Waals surface area contributed by atoms with Crippen LogP contribution < -0.4 is 10.1 Å². The van der Waals surface area contributed by atoms with E-state index in [0.29, 0.717) is 6.10 Å². The van der Waals surface area contributed by atoms with Crippen molar-refractivity contribution in [2.24, 2.45) is 0 Å². The Labute approximate surface area is 117 Å². The van der Waals surface area contributed by atoms with Crippen molar-refractivity contribution < 1.29 is 9.47 Å². The highest BCUT2D eigenvalue weighted by atomic mass is 79.9. The van der Waals surface area contributed by atoms with Gasteiger partial charge in [-0.05, 0) is 44.0 Å². The fourth-order valence-corrected chi connectivity index (χ4v) is 2.30. The summed E-state index contributed by atoms with van der Waals surface area (Å²) in [5.41, 5.74) is 0. The molecule has 0 bridgehead atoms. The summed E-state index contributed by atoms with van der Waals surface area (Å²) in [6.45, 7) is 4.76. The number of nitrogens with one attached hydrogen (secondary N) is 1. The maximum atomic E-state index is 5.81. The number of hydrogen-bond acceptors (Lipinski definition) is 3. The van der Waals surface area contributed by atoms with Gasteiger partial charge in [0.1, 0.15) is 11.9 Å². The third-order valence-electron chi connectivity index (χ3n) is 2.98. The van der Waals surface area contributed by atoms with E-state index < -0.39 is 0 Å². The number of halogens is 1. The molecule has 0 aromatic heterocycles. The lowest BCUT2D eigenvalue weighted by Gasteiger charge is -2.17. The molecule has 1 fully saturated rings. The first-order valence-corrected chi connectivity index (χ1v) is 7.28. The van der Waals surface area contributed by atoms with Crippen LogP contribution >= 0.6 is 15.9 Å². The molecule has 18 heavy (non-hydrogen) atoms. The van der Waals surface area contributed by atoms with Gasteiger partial charge in [0.25, 0.3) is 0 Å². The average Bonchev–Trinajstić information content (AvgIpc) is 2.85. The molecule has 0 spiro atoms. The summed E-state index contributed by atoms with van der Waals surface area (Å²) < 4.78 is 12.4. The van der Waals surface area contributed by atoms with Crippen LogP contribution in [0, 0.1) is 0 Å². The standard InChI is InChI=1S/C14H20BrNO2/c1-11(9-16-10-14-3-2-8-17-14)18-13-6-4-12(15)5-7-13/h4-7,11,14,16H,2-3,8-10H2,1H3. The van der Waals surface area contributed by atoms with E-state index in [-0.39, 0.29) is 6.10 Å². The Morgan fingerprint density at radius 2 is 2.22 bits per heavy atom. The molecule has 1 aliphatic heterocycles. The van der Waals surface area contributed by atoms with Crippen molar-refractivity contribution >= 4 is 15.9 Å². The second-order valence-corrected chi connectivity index (χ2v) is 5.59. The largest absolute Gasteiger partial charge is 0.489 e. The van der Waals surface area contributed by atoms with Crippen molar-refractivity contribution in [3.63, 3.8) is 0 Å². The lowest BCUT2D eigenvalue weighted by atomic mass is 10.2. The van der Waals surface area contributed by atoms with E-state index in [4.69, 9.17) is 9.47 Å². The Bertz CT molecular complexity index is 349. The van der Waals surface area contributed by atoms with Gasteiger partial charge in [-0.15, -0.1) is 0 Å². The minimum atomic E-state index is 0.160. The van der Waals surface area contributed by atoms with Gasteiger partial charge in [-0.3, -0.25) is 0 Å². The van der Waals surface area contributed by atoms with Crippen LogP contribution in [0.2, 0.25) is 0 Å². The third-order valence-corrected chi connectivity index (χ3v) is 3.51. The molecule has 0 saturated carbocycles. The summed E-state index contributed by atoms with van der Waals surface area (Å²) in [4.78, 5) is 0. The molecule has 1 saturated heterocycles. The van der Waals surface area contributed by atoms with Gasteiger partial charge in [0, 0.05) is 24.2 Å². The minimum absolute atomic E-state index is 0.160. The Kier molecular flexibility index (Phi) is 5.47. The van der Waals surface area contributed by atoms with E-state index in [1.165, 1.54) is 12.8 Å². The molecule has 1 heterocycles. The van der Waals surface area contributed by atoms with E-state index in [9.17, 15) is 0 Å². The SMILES string of the molecule is CC(CNCC1CCCO1)Oc1ccc(Br)cc1. The molecule has 1 aromatic rings. The van der Waals surface area contributed by atoms with Crippen LogP contribution in [0.1, 0.15) is 19.8 Å². The van der Waals surface area contributed by atoms with E-state index in [0.717, 1.165) is 29.9 Å². The highest BCUT2D eigenvalue weighted by molar-refractivity contribution is 9.10. The van der Waals surface area contributed by atoms with Crippen LogP contribution in [0.5, 0.6) is 5.75 Å². The normalized spacial score (nSPS) is 20.9. The average molecular weight is 314 g/mol. The Balaban J connectivity index is 1.65. The lowest BCUT2D eigenvalue weighted by molar-refractivity contribution is 0.106. The van der Waals surface area contributed by atoms with Crippen LogP contribution in [0.4, 0.5) is 0 Å². The second-order valence-electron chi connectivity index (χ2n) is 4.68. The molecular weight excluding hydrogens is 294 g/mol. The number of ether oxygens (including phenoxy) is 2. The summed E-state index contributed by atoms with van der Waals surface area (Å²) in [5, 5.41) is 3.40. The molecule has 3 nitrogen and oxygen atoms in total. The van der Waals surface area contributed by atoms with Crippen molar-refractivity contribution in [3.05, 3.63) is 28.7 Å². The topological polar surface area (TPSA) is 30.5 Å². The molecule has 0 amide bonds. The van der Waals surface area contributed by atoms with Gasteiger partial charge in [0.05, 0.1) is 6.10 Å². The Morgan fingerprint density at radius 1 is 1.44 bits per heavy atom. The monoisotopic (exact) mass is 313 g/mol. The molecule has 100 valence electrons. The molecule has 2 rings (SSSR count). The second kappa shape index (κ2) is 7.12. The molecule has 2 unspecified atom stereocenters. The van der Waals surface area contributed by atoms with Gasteiger partial charge in [-0.1, -0.05) is 15.9 Å². The summed E-state index contributed by atoms with van der Waals surface area (Å²) in [5.74, 6) is 0.907. The molecule has 0 radical (unpaired) electrons. The first kappa shape index (κ1) is 13.8. The van der Waals surface area contributed by atoms with Crippen LogP contribution in [0.15, 0.2) is 28.7 Å². The van der Waals surface area contributed by atoms with Crippen LogP contribution in [-0.4, -0.2) is 31.9 Å². The first-order chi connectivity index (χ1) is 8.74. The molecule has 1 aromatic carbocycles. The predicted octanol–water partition coefficient (Wildman–Crippen LogP) is 2.99. The van der Waals surface area contributed by atoms with E-state index >= 15 is 0 Å². The van der Waals surface area contributed by atoms with Crippen molar-refractivity contribution in [2.45, 2.75) is 32.0 Å². The van der Waals surface area contributed by atoms with Crippen molar-refractivity contribution in [1.82, 2.24) is 5.32 Å². The van der Waals surface area contributed by atoms with Crippen molar-refractivity contribution in [2.75, 3.05) is 19.7 Å². The molecule has 1 N–H and O–H groups in total. The molecule has 0 aliphatic carbocycles. The summed E-state index contributed by atoms with van der Waals surface area (Å²) in [7, 11) is 0. The molecule has 1 aliphatic rings. The lowest BCUT2D eigenvalue weighted by Crippen LogP contribution is -2.34. The highest BCUT2D eigenvalue weighted by Crippen LogP contribution is 2.17. The molecule has 2 atom stereocenters. The van der Waals surface area contributed by atoms with Crippen molar-refractivity contribution in [1.29, 1.82) is 0 Å². The minimum Gasteiger partial charge on any atom is -0.489 e. The zero-order valence-electron chi connectivity index (χ0n) is 10.7. The molecule has 4 heteroatoms. The van der Waals surface area contributed by atoms with Gasteiger partial charge in [-0.25, -0.2) is 0 Å². The quantitative estimate of drug-likeness (QED) is 0.876. The maximum absolute atomic E-state index is 5.81. The predicted molar refractivity (Wildman–Crippen MR) is 76.1 cm³/mol. The van der Waals surface area contributed by atoms with Crippen LogP contribution in [-0.2, 0) is 4.74 Å². The first-order valence-electron chi connectivity index (χ1n) is 6.48. The van der Waals surface area contributed by atoms with Crippen LogP contribution in [0.25, 0.3) is 0 Å². The number of hydrogen-bond donors (Lipinski definition) is 1. The van der Waals surface area contributed by atoms with Crippen molar-refractivity contribution in [3.8, 4) is 5.75 Å². The van der Waals surface area contributed by atoms with Gasteiger partial charge >= 0.3 is 0 Å². The van der Waals surface area contributed by atoms with E-state index in [2.05, 4.69) is 28.2 Å². The number of rotatable bonds is 6. The molecular formula is C14H20BrNO2.